The van der Waals surface area contributed by atoms with Crippen molar-refractivity contribution in [1.29, 1.82) is 0 Å². The molecule has 0 saturated heterocycles. The van der Waals surface area contributed by atoms with E-state index in [2.05, 4.69) is 20.6 Å². The number of rotatable bonds is 7. The number of carbonyl (C=O) groups excluding carboxylic acids is 1. The van der Waals surface area contributed by atoms with E-state index in [4.69, 9.17) is 32.7 Å². The van der Waals surface area contributed by atoms with Crippen LogP contribution < -0.4 is 20.1 Å². The van der Waals surface area contributed by atoms with E-state index in [0.29, 0.717) is 55.8 Å². The fourth-order valence-corrected chi connectivity index (χ4v) is 3.91. The van der Waals surface area contributed by atoms with Gasteiger partial charge < -0.3 is 20.1 Å². The third-order valence-corrected chi connectivity index (χ3v) is 5.31. The zero-order chi connectivity index (χ0) is 23.5. The minimum atomic E-state index is -0.135. The Balaban J connectivity index is 1.81. The maximum atomic E-state index is 12.4. The van der Waals surface area contributed by atoms with Gasteiger partial charge in [0.15, 0.2) is 17.3 Å². The Morgan fingerprint density at radius 1 is 0.879 bits per heavy atom. The van der Waals surface area contributed by atoms with E-state index in [9.17, 15) is 4.79 Å². The average molecular weight is 483 g/mol. The largest absolute Gasteiger partial charge is 0.493 e. The predicted octanol–water partition coefficient (Wildman–Crippen LogP) is 6.64. The third-order valence-electron chi connectivity index (χ3n) is 4.88. The maximum Gasteiger partial charge on any atom is 0.229 e. The first-order valence-electron chi connectivity index (χ1n) is 9.92. The number of carbonyl (C=O) groups is 1. The molecule has 1 aromatic heterocycles. The zero-order valence-electron chi connectivity index (χ0n) is 18.1. The number of nitrogens with zero attached hydrogens (tertiary/aromatic N) is 2. The number of aromatic nitrogens is 2. The van der Waals surface area contributed by atoms with Crippen LogP contribution in [0.5, 0.6) is 11.5 Å². The highest BCUT2D eigenvalue weighted by molar-refractivity contribution is 6.35. The molecule has 0 aliphatic rings. The van der Waals surface area contributed by atoms with Gasteiger partial charge in [0.25, 0.3) is 0 Å². The van der Waals surface area contributed by atoms with Crippen molar-refractivity contribution < 1.29 is 14.3 Å². The molecule has 0 unspecified atom stereocenters. The van der Waals surface area contributed by atoms with Crippen molar-refractivity contribution >= 4 is 63.0 Å². The summed E-state index contributed by atoms with van der Waals surface area (Å²) in [5, 5.41) is 8.16. The molecule has 2 N–H and O–H groups in total. The smallest absolute Gasteiger partial charge is 0.229 e. The zero-order valence-corrected chi connectivity index (χ0v) is 19.6. The molecular formula is C24H20Cl2N4O3. The quantitative estimate of drug-likeness (QED) is 0.285. The molecule has 0 amide bonds. The first-order valence-corrected chi connectivity index (χ1v) is 10.7. The van der Waals surface area contributed by atoms with Gasteiger partial charge in [-0.25, -0.2) is 4.98 Å². The molecule has 4 aromatic rings. The molecule has 0 bridgehead atoms. The first-order chi connectivity index (χ1) is 15.9. The number of ketones is 1. The van der Waals surface area contributed by atoms with Crippen LogP contribution in [0.4, 0.5) is 23.1 Å². The molecule has 0 aliphatic carbocycles. The van der Waals surface area contributed by atoms with E-state index >= 15 is 0 Å². The van der Waals surface area contributed by atoms with Gasteiger partial charge in [0.05, 0.1) is 25.4 Å². The predicted molar refractivity (Wildman–Crippen MR) is 132 cm³/mol. The van der Waals surface area contributed by atoms with Crippen LogP contribution >= 0.6 is 23.2 Å². The van der Waals surface area contributed by atoms with Crippen molar-refractivity contribution in [1.82, 2.24) is 9.97 Å². The molecule has 1 heterocycles. The summed E-state index contributed by atoms with van der Waals surface area (Å²) in [6.07, 6.45) is 0. The van der Waals surface area contributed by atoms with Crippen LogP contribution in [0.2, 0.25) is 10.0 Å². The summed E-state index contributed by atoms with van der Waals surface area (Å²) in [6.45, 7) is 1.49. The van der Waals surface area contributed by atoms with Crippen LogP contribution in [0.15, 0.2) is 54.6 Å². The number of fused-ring (bicyclic) bond motifs is 1. The lowest BCUT2D eigenvalue weighted by Gasteiger charge is -2.16. The monoisotopic (exact) mass is 482 g/mol. The fraction of sp³-hybridized carbons (Fsp3) is 0.125. The molecule has 0 aliphatic heterocycles. The lowest BCUT2D eigenvalue weighted by Crippen LogP contribution is -2.06. The molecule has 0 fully saturated rings. The van der Waals surface area contributed by atoms with E-state index in [1.165, 1.54) is 21.1 Å². The number of benzene rings is 3. The Labute approximate surface area is 200 Å². The number of nitrogens with one attached hydrogen (secondary N) is 2. The Morgan fingerprint density at radius 3 is 2.21 bits per heavy atom. The highest BCUT2D eigenvalue weighted by Gasteiger charge is 2.17. The van der Waals surface area contributed by atoms with Crippen LogP contribution in [0.25, 0.3) is 10.9 Å². The normalized spacial score (nSPS) is 10.7. The first kappa shape index (κ1) is 22.6. The summed E-state index contributed by atoms with van der Waals surface area (Å²) in [4.78, 5) is 21.6. The number of hydrogen-bond acceptors (Lipinski definition) is 7. The van der Waals surface area contributed by atoms with Crippen molar-refractivity contribution in [2.24, 2.45) is 0 Å². The summed E-state index contributed by atoms with van der Waals surface area (Å²) in [6, 6.07) is 16.0. The van der Waals surface area contributed by atoms with Crippen molar-refractivity contribution in [3.8, 4) is 11.5 Å². The van der Waals surface area contributed by atoms with Crippen molar-refractivity contribution in [3.63, 3.8) is 0 Å². The minimum Gasteiger partial charge on any atom is -0.493 e. The van der Waals surface area contributed by atoms with Crippen molar-refractivity contribution in [3.05, 3.63) is 70.2 Å². The van der Waals surface area contributed by atoms with Crippen LogP contribution in [0, 0.1) is 0 Å². The van der Waals surface area contributed by atoms with E-state index in [1.807, 2.05) is 24.3 Å². The highest BCUT2D eigenvalue weighted by atomic mass is 35.5. The van der Waals surface area contributed by atoms with Crippen LogP contribution in [0.1, 0.15) is 17.3 Å². The minimum absolute atomic E-state index is 0.135. The van der Waals surface area contributed by atoms with Crippen molar-refractivity contribution in [2.75, 3.05) is 24.9 Å². The second-order valence-electron chi connectivity index (χ2n) is 7.13. The van der Waals surface area contributed by atoms with Gasteiger partial charge in [-0.15, -0.1) is 0 Å². The summed E-state index contributed by atoms with van der Waals surface area (Å²) in [5.74, 6) is 1.64. The van der Waals surface area contributed by atoms with Gasteiger partial charge in [-0.2, -0.15) is 4.98 Å². The molecule has 4 rings (SSSR count). The number of Topliss-reactive ketones (excluding diaryl/α,β-unsaturated/α-hetero) is 1. The molecule has 168 valence electrons. The van der Waals surface area contributed by atoms with Crippen molar-refractivity contribution in [2.45, 2.75) is 6.92 Å². The van der Waals surface area contributed by atoms with E-state index < -0.39 is 0 Å². The molecule has 0 atom stereocenters. The maximum absolute atomic E-state index is 12.4. The van der Waals surface area contributed by atoms with Gasteiger partial charge in [-0.05, 0) is 43.3 Å². The molecule has 33 heavy (non-hydrogen) atoms. The Kier molecular flexibility index (Phi) is 6.53. The molecule has 3 aromatic carbocycles. The van der Waals surface area contributed by atoms with Gasteiger partial charge in [0.2, 0.25) is 5.95 Å². The van der Waals surface area contributed by atoms with Crippen LogP contribution in [-0.4, -0.2) is 30.0 Å². The lowest BCUT2D eigenvalue weighted by atomic mass is 10.1. The average Bonchev–Trinajstić information content (AvgIpc) is 2.78. The van der Waals surface area contributed by atoms with Crippen LogP contribution in [0.3, 0.4) is 0 Å². The topological polar surface area (TPSA) is 85.4 Å². The number of para-hydroxylation sites is 1. The molecular weight excluding hydrogens is 463 g/mol. The molecule has 0 spiro atoms. The summed E-state index contributed by atoms with van der Waals surface area (Å²) < 4.78 is 10.8. The SMILES string of the molecule is COc1cc(Nc2nc(Nc3cc(Cl)cc(Cl)c3)nc3ccccc23)c(C(C)=O)cc1OC. The summed E-state index contributed by atoms with van der Waals surface area (Å²) in [5.41, 5.74) is 2.31. The van der Waals surface area contributed by atoms with Gasteiger partial charge in [0.1, 0.15) is 5.82 Å². The summed E-state index contributed by atoms with van der Waals surface area (Å²) >= 11 is 12.2. The fourth-order valence-electron chi connectivity index (χ4n) is 3.38. The van der Waals surface area contributed by atoms with E-state index in [0.717, 1.165) is 5.39 Å². The van der Waals surface area contributed by atoms with Gasteiger partial charge in [0, 0.05) is 32.7 Å². The molecule has 0 radical (unpaired) electrons. The standard InChI is InChI=1S/C24H20Cl2N4O3/c1-13(31)18-11-21(32-2)22(33-3)12-20(18)28-23-17-6-4-5-7-19(17)29-24(30-23)27-16-9-14(25)8-15(26)10-16/h4-12H,1-3H3,(H2,27,28,29,30). The Hall–Kier alpha value is -3.55. The van der Waals surface area contributed by atoms with Crippen LogP contribution in [-0.2, 0) is 0 Å². The van der Waals surface area contributed by atoms with Gasteiger partial charge >= 0.3 is 0 Å². The molecule has 0 saturated carbocycles. The highest BCUT2D eigenvalue weighted by Crippen LogP contribution is 2.36. The summed E-state index contributed by atoms with van der Waals surface area (Å²) in [7, 11) is 3.06. The molecule has 9 heteroatoms. The molecule has 7 nitrogen and oxygen atoms in total. The van der Waals surface area contributed by atoms with Gasteiger partial charge in [-0.3, -0.25) is 4.79 Å². The second kappa shape index (κ2) is 9.52. The van der Waals surface area contributed by atoms with E-state index in [1.54, 1.807) is 30.3 Å². The number of methoxy groups -OCH3 is 2. The Morgan fingerprint density at radius 2 is 1.55 bits per heavy atom. The van der Waals surface area contributed by atoms with E-state index in [-0.39, 0.29) is 5.78 Å². The van der Waals surface area contributed by atoms with Gasteiger partial charge in [-0.1, -0.05) is 35.3 Å². The number of ether oxygens (including phenoxy) is 2. The third kappa shape index (κ3) is 4.94. The Bertz CT molecular complexity index is 1340. The number of hydrogen-bond donors (Lipinski definition) is 2. The number of halogens is 2. The second-order valence-corrected chi connectivity index (χ2v) is 8.00. The number of anilines is 4. The lowest BCUT2D eigenvalue weighted by molar-refractivity contribution is 0.101.